The molecule has 0 bridgehead atoms. The molecule has 0 spiro atoms. The first-order valence-corrected chi connectivity index (χ1v) is 9.53. The number of para-hydroxylation sites is 2. The van der Waals surface area contributed by atoms with Crippen LogP contribution in [0, 0.1) is 5.82 Å². The van der Waals surface area contributed by atoms with Crippen molar-refractivity contribution in [1.29, 1.82) is 0 Å². The highest BCUT2D eigenvalue weighted by Crippen LogP contribution is 2.30. The lowest BCUT2D eigenvalue weighted by molar-refractivity contribution is 0.102. The molecule has 0 aliphatic rings. The predicted molar refractivity (Wildman–Crippen MR) is 114 cm³/mol. The lowest BCUT2D eigenvalue weighted by atomic mass is 10.0. The van der Waals surface area contributed by atoms with E-state index in [2.05, 4.69) is 0 Å². The van der Waals surface area contributed by atoms with E-state index in [0.29, 0.717) is 5.75 Å². The SMILES string of the molecule is O=C(c1cccc(Oc2ccccc2C(=O)c2ccccc2O)c1)c1ccccc1F. The minimum atomic E-state index is -0.600. The van der Waals surface area contributed by atoms with Crippen LogP contribution in [0.25, 0.3) is 0 Å². The van der Waals surface area contributed by atoms with Crippen molar-refractivity contribution in [2.75, 3.05) is 0 Å². The number of aromatic hydroxyl groups is 1. The topological polar surface area (TPSA) is 63.6 Å². The Kier molecular flexibility index (Phi) is 5.58. The Labute approximate surface area is 178 Å². The smallest absolute Gasteiger partial charge is 0.200 e. The molecule has 1 N–H and O–H groups in total. The minimum absolute atomic E-state index is 0.0326. The maximum Gasteiger partial charge on any atom is 0.200 e. The average Bonchev–Trinajstić information content (AvgIpc) is 2.79. The highest BCUT2D eigenvalue weighted by atomic mass is 19.1. The van der Waals surface area contributed by atoms with E-state index in [9.17, 15) is 19.1 Å². The maximum atomic E-state index is 14.0. The van der Waals surface area contributed by atoms with Crippen LogP contribution in [0.2, 0.25) is 0 Å². The van der Waals surface area contributed by atoms with Crippen molar-refractivity contribution in [2.24, 2.45) is 0 Å². The van der Waals surface area contributed by atoms with Crippen molar-refractivity contribution in [3.05, 3.63) is 125 Å². The Balaban J connectivity index is 1.65. The van der Waals surface area contributed by atoms with E-state index in [-0.39, 0.29) is 33.8 Å². The number of phenolic OH excluding ortho intramolecular Hbond substituents is 1. The summed E-state index contributed by atoms with van der Waals surface area (Å²) in [6.07, 6.45) is 0. The zero-order valence-electron chi connectivity index (χ0n) is 16.3. The van der Waals surface area contributed by atoms with Gasteiger partial charge in [0.25, 0.3) is 0 Å². The van der Waals surface area contributed by atoms with Gasteiger partial charge in [-0.05, 0) is 48.5 Å². The molecule has 4 aromatic rings. The second-order valence-electron chi connectivity index (χ2n) is 6.78. The second kappa shape index (κ2) is 8.63. The van der Waals surface area contributed by atoms with Crippen LogP contribution in [0.4, 0.5) is 4.39 Å². The van der Waals surface area contributed by atoms with Crippen LogP contribution in [0.1, 0.15) is 31.8 Å². The molecule has 4 aromatic carbocycles. The third kappa shape index (κ3) is 4.21. The fourth-order valence-electron chi connectivity index (χ4n) is 3.18. The molecule has 0 radical (unpaired) electrons. The van der Waals surface area contributed by atoms with Gasteiger partial charge in [-0.15, -0.1) is 0 Å². The first-order valence-electron chi connectivity index (χ1n) is 9.53. The summed E-state index contributed by atoms with van der Waals surface area (Å²) in [5, 5.41) is 10.0. The van der Waals surface area contributed by atoms with Gasteiger partial charge >= 0.3 is 0 Å². The molecular weight excluding hydrogens is 395 g/mol. The first kappa shape index (κ1) is 20.0. The van der Waals surface area contributed by atoms with Crippen molar-refractivity contribution in [3.8, 4) is 17.2 Å². The lowest BCUT2D eigenvalue weighted by Crippen LogP contribution is -2.05. The fourth-order valence-corrected chi connectivity index (χ4v) is 3.18. The van der Waals surface area contributed by atoms with Gasteiger partial charge in [0.15, 0.2) is 11.6 Å². The van der Waals surface area contributed by atoms with Gasteiger partial charge in [0.1, 0.15) is 23.1 Å². The number of ketones is 2. The van der Waals surface area contributed by atoms with Gasteiger partial charge in [-0.25, -0.2) is 4.39 Å². The highest BCUT2D eigenvalue weighted by molar-refractivity contribution is 6.12. The molecule has 152 valence electrons. The molecule has 4 nitrogen and oxygen atoms in total. The van der Waals surface area contributed by atoms with Gasteiger partial charge in [0.05, 0.1) is 16.7 Å². The van der Waals surface area contributed by atoms with Crippen molar-refractivity contribution in [3.63, 3.8) is 0 Å². The fraction of sp³-hybridized carbons (Fsp3) is 0. The second-order valence-corrected chi connectivity index (χ2v) is 6.78. The first-order chi connectivity index (χ1) is 15.0. The number of benzene rings is 4. The van der Waals surface area contributed by atoms with Gasteiger partial charge in [-0.3, -0.25) is 9.59 Å². The van der Waals surface area contributed by atoms with E-state index >= 15 is 0 Å². The standard InChI is InChI=1S/C26H17FO4/c27-22-13-4-1-10-19(22)25(29)17-8-7-9-18(16-17)31-24-15-6-3-12-21(24)26(30)20-11-2-5-14-23(20)28/h1-16,28H. The van der Waals surface area contributed by atoms with Crippen LogP contribution in [-0.2, 0) is 0 Å². The molecule has 0 atom stereocenters. The lowest BCUT2D eigenvalue weighted by Gasteiger charge is -2.12. The molecule has 0 saturated heterocycles. The van der Waals surface area contributed by atoms with Crippen molar-refractivity contribution < 1.29 is 23.8 Å². The van der Waals surface area contributed by atoms with Crippen molar-refractivity contribution >= 4 is 11.6 Å². The van der Waals surface area contributed by atoms with Crippen LogP contribution >= 0.6 is 0 Å². The van der Waals surface area contributed by atoms with Crippen molar-refractivity contribution in [1.82, 2.24) is 0 Å². The maximum absolute atomic E-state index is 14.0. The number of phenols is 1. The monoisotopic (exact) mass is 412 g/mol. The van der Waals surface area contributed by atoms with Crippen molar-refractivity contribution in [2.45, 2.75) is 0 Å². The average molecular weight is 412 g/mol. The Bertz CT molecular complexity index is 1280. The van der Waals surface area contributed by atoms with Gasteiger partial charge in [-0.2, -0.15) is 0 Å². The molecule has 4 rings (SSSR count). The third-order valence-corrected chi connectivity index (χ3v) is 4.72. The van der Waals surface area contributed by atoms with Gasteiger partial charge in [-0.1, -0.05) is 48.5 Å². The summed E-state index contributed by atoms with van der Waals surface area (Å²) in [7, 11) is 0. The molecule has 0 saturated carbocycles. The molecule has 0 aromatic heterocycles. The van der Waals surface area contributed by atoms with E-state index in [1.54, 1.807) is 60.7 Å². The van der Waals surface area contributed by atoms with Crippen LogP contribution in [0.3, 0.4) is 0 Å². The van der Waals surface area contributed by atoms with Crippen LogP contribution in [-0.4, -0.2) is 16.7 Å². The molecule has 0 fully saturated rings. The summed E-state index contributed by atoms with van der Waals surface area (Å²) in [5.74, 6) is -1.00. The Hall–Kier alpha value is -4.25. The third-order valence-electron chi connectivity index (χ3n) is 4.72. The quantitative estimate of drug-likeness (QED) is 0.408. The summed E-state index contributed by atoms with van der Waals surface area (Å²) >= 11 is 0. The number of hydrogen-bond acceptors (Lipinski definition) is 4. The minimum Gasteiger partial charge on any atom is -0.507 e. The molecule has 0 aliphatic heterocycles. The number of ether oxygens (including phenoxy) is 1. The van der Waals surface area contributed by atoms with Gasteiger partial charge < -0.3 is 9.84 Å². The summed E-state index contributed by atoms with van der Waals surface area (Å²) in [6, 6.07) is 25.0. The van der Waals surface area contributed by atoms with E-state index in [0.717, 1.165) is 0 Å². The summed E-state index contributed by atoms with van der Waals surface area (Å²) in [6.45, 7) is 0. The molecule has 0 heterocycles. The Morgan fingerprint density at radius 1 is 0.677 bits per heavy atom. The Morgan fingerprint density at radius 3 is 2.06 bits per heavy atom. The van der Waals surface area contributed by atoms with E-state index < -0.39 is 17.4 Å². The molecule has 31 heavy (non-hydrogen) atoms. The number of rotatable bonds is 6. The van der Waals surface area contributed by atoms with Gasteiger partial charge in [0.2, 0.25) is 0 Å². The molecule has 0 aliphatic carbocycles. The zero-order chi connectivity index (χ0) is 21.8. The van der Waals surface area contributed by atoms with Crippen LogP contribution in [0.5, 0.6) is 17.2 Å². The normalized spacial score (nSPS) is 10.5. The zero-order valence-corrected chi connectivity index (χ0v) is 16.3. The summed E-state index contributed by atoms with van der Waals surface area (Å²) in [5.41, 5.74) is 0.638. The van der Waals surface area contributed by atoms with E-state index in [4.69, 9.17) is 4.74 Å². The molecular formula is C26H17FO4. The summed E-state index contributed by atoms with van der Waals surface area (Å²) in [4.78, 5) is 25.6. The van der Waals surface area contributed by atoms with E-state index in [1.807, 2.05) is 0 Å². The largest absolute Gasteiger partial charge is 0.507 e. The van der Waals surface area contributed by atoms with Crippen LogP contribution < -0.4 is 4.74 Å². The molecule has 0 amide bonds. The molecule has 0 unspecified atom stereocenters. The predicted octanol–water partition coefficient (Wildman–Crippen LogP) is 5.79. The van der Waals surface area contributed by atoms with Gasteiger partial charge in [0, 0.05) is 5.56 Å². The highest BCUT2D eigenvalue weighted by Gasteiger charge is 2.19. The number of halogens is 1. The van der Waals surface area contributed by atoms with Crippen LogP contribution in [0.15, 0.2) is 97.1 Å². The molecule has 5 heteroatoms. The number of carbonyl (C=O) groups excluding carboxylic acids is 2. The number of hydrogen-bond donors (Lipinski definition) is 1. The number of carbonyl (C=O) groups is 2. The Morgan fingerprint density at radius 2 is 1.32 bits per heavy atom. The summed E-state index contributed by atoms with van der Waals surface area (Å²) < 4.78 is 19.9. The van der Waals surface area contributed by atoms with E-state index in [1.165, 1.54) is 36.4 Å².